The fourth-order valence-electron chi connectivity index (χ4n) is 3.93. The lowest BCUT2D eigenvalue weighted by molar-refractivity contribution is -0.0891. The Kier molecular flexibility index (Phi) is 7.18. The van der Waals surface area contributed by atoms with Gasteiger partial charge in [-0.1, -0.05) is 35.0 Å². The molecule has 0 amide bonds. The highest BCUT2D eigenvalue weighted by molar-refractivity contribution is 7.89. The van der Waals surface area contributed by atoms with E-state index >= 15 is 0 Å². The van der Waals surface area contributed by atoms with E-state index < -0.39 is 22.2 Å². The average Bonchev–Trinajstić information content (AvgIpc) is 3.28. The Bertz CT molecular complexity index is 1180. The third kappa shape index (κ3) is 5.83. The van der Waals surface area contributed by atoms with Crippen LogP contribution in [-0.4, -0.2) is 53.4 Å². The first kappa shape index (κ1) is 23.5. The van der Waals surface area contributed by atoms with Crippen molar-refractivity contribution in [3.05, 3.63) is 66.1 Å². The summed E-state index contributed by atoms with van der Waals surface area (Å²) < 4.78 is 49.2. The molecule has 0 unspecified atom stereocenters. The molecule has 2 N–H and O–H groups in total. The number of hydrogen-bond acceptors (Lipinski definition) is 6. The van der Waals surface area contributed by atoms with Crippen LogP contribution in [0.4, 0.5) is 4.39 Å². The van der Waals surface area contributed by atoms with Gasteiger partial charge in [0.15, 0.2) is 0 Å². The second kappa shape index (κ2) is 10.1. The van der Waals surface area contributed by atoms with E-state index in [2.05, 4.69) is 15.0 Å². The molecular weight excluding hydrogens is 447 g/mol. The van der Waals surface area contributed by atoms with Gasteiger partial charge in [0, 0.05) is 12.1 Å². The van der Waals surface area contributed by atoms with Gasteiger partial charge in [-0.05, 0) is 50.5 Å². The summed E-state index contributed by atoms with van der Waals surface area (Å²) in [4.78, 5) is 0.187. The van der Waals surface area contributed by atoms with Crippen LogP contribution in [-0.2, 0) is 21.3 Å². The van der Waals surface area contributed by atoms with Crippen LogP contribution < -0.4 is 4.72 Å². The summed E-state index contributed by atoms with van der Waals surface area (Å²) in [5.74, 6) is -0.333. The SMILES string of the molecule is Cc1ccc(S(=O)(=O)N[C@@H]2CC[C@H](CCn3cc(-c4cccc(F)c4)nn3)O[C@H]2CO)cc1. The lowest BCUT2D eigenvalue weighted by Crippen LogP contribution is -2.50. The molecule has 2 heterocycles. The van der Waals surface area contributed by atoms with Crippen molar-refractivity contribution >= 4 is 10.0 Å². The monoisotopic (exact) mass is 474 g/mol. The predicted molar refractivity (Wildman–Crippen MR) is 120 cm³/mol. The topological polar surface area (TPSA) is 106 Å². The molecule has 8 nitrogen and oxygen atoms in total. The molecule has 0 radical (unpaired) electrons. The maximum absolute atomic E-state index is 13.4. The minimum Gasteiger partial charge on any atom is -0.394 e. The van der Waals surface area contributed by atoms with Gasteiger partial charge < -0.3 is 9.84 Å². The molecule has 1 aliphatic rings. The van der Waals surface area contributed by atoms with Gasteiger partial charge in [0.25, 0.3) is 0 Å². The van der Waals surface area contributed by atoms with E-state index in [4.69, 9.17) is 4.74 Å². The molecule has 10 heteroatoms. The minimum atomic E-state index is -3.71. The van der Waals surface area contributed by atoms with E-state index in [9.17, 15) is 17.9 Å². The summed E-state index contributed by atoms with van der Waals surface area (Å²) in [7, 11) is -3.71. The van der Waals surface area contributed by atoms with Crippen LogP contribution in [0.5, 0.6) is 0 Å². The number of aliphatic hydroxyl groups is 1. The van der Waals surface area contributed by atoms with Crippen molar-refractivity contribution in [2.45, 2.75) is 55.9 Å². The van der Waals surface area contributed by atoms with Gasteiger partial charge in [0.05, 0.1) is 35.9 Å². The van der Waals surface area contributed by atoms with E-state index in [-0.39, 0.29) is 23.4 Å². The first-order chi connectivity index (χ1) is 15.8. The molecule has 1 fully saturated rings. The van der Waals surface area contributed by atoms with Crippen molar-refractivity contribution in [3.8, 4) is 11.3 Å². The molecule has 2 aromatic carbocycles. The smallest absolute Gasteiger partial charge is 0.240 e. The maximum Gasteiger partial charge on any atom is 0.240 e. The largest absolute Gasteiger partial charge is 0.394 e. The molecule has 4 rings (SSSR count). The molecule has 0 aliphatic carbocycles. The number of sulfonamides is 1. The second-order valence-electron chi connectivity index (χ2n) is 8.26. The third-order valence-electron chi connectivity index (χ3n) is 5.77. The van der Waals surface area contributed by atoms with E-state index in [1.165, 1.54) is 12.1 Å². The first-order valence-electron chi connectivity index (χ1n) is 10.9. The highest BCUT2D eigenvalue weighted by Crippen LogP contribution is 2.24. The molecule has 1 saturated heterocycles. The number of ether oxygens (including phenoxy) is 1. The highest BCUT2D eigenvalue weighted by Gasteiger charge is 2.33. The summed E-state index contributed by atoms with van der Waals surface area (Å²) >= 11 is 0. The Morgan fingerprint density at radius 3 is 2.73 bits per heavy atom. The van der Waals surface area contributed by atoms with Crippen molar-refractivity contribution in [2.75, 3.05) is 6.61 Å². The zero-order chi connectivity index (χ0) is 23.4. The van der Waals surface area contributed by atoms with Crippen molar-refractivity contribution < 1.29 is 22.7 Å². The first-order valence-corrected chi connectivity index (χ1v) is 12.3. The normalized spacial score (nSPS) is 21.2. The number of rotatable bonds is 8. The van der Waals surface area contributed by atoms with Crippen molar-refractivity contribution in [1.82, 2.24) is 19.7 Å². The van der Waals surface area contributed by atoms with Crippen LogP contribution in [0.2, 0.25) is 0 Å². The van der Waals surface area contributed by atoms with Crippen LogP contribution in [0, 0.1) is 12.7 Å². The summed E-state index contributed by atoms with van der Waals surface area (Å²) in [5, 5.41) is 18.0. The number of aliphatic hydroxyl groups excluding tert-OH is 1. The van der Waals surface area contributed by atoms with E-state index in [1.807, 2.05) is 6.92 Å². The molecule has 0 spiro atoms. The van der Waals surface area contributed by atoms with E-state index in [0.29, 0.717) is 37.1 Å². The molecule has 176 valence electrons. The van der Waals surface area contributed by atoms with Gasteiger partial charge >= 0.3 is 0 Å². The minimum absolute atomic E-state index is 0.149. The second-order valence-corrected chi connectivity index (χ2v) is 9.98. The van der Waals surface area contributed by atoms with Crippen LogP contribution in [0.1, 0.15) is 24.8 Å². The van der Waals surface area contributed by atoms with Crippen LogP contribution in [0.15, 0.2) is 59.6 Å². The summed E-state index contributed by atoms with van der Waals surface area (Å²) in [6.07, 6.45) is 2.78. The molecule has 0 saturated carbocycles. The van der Waals surface area contributed by atoms with Crippen molar-refractivity contribution in [3.63, 3.8) is 0 Å². The van der Waals surface area contributed by atoms with Crippen LogP contribution in [0.3, 0.4) is 0 Å². The van der Waals surface area contributed by atoms with Gasteiger partial charge in [-0.2, -0.15) is 0 Å². The lowest BCUT2D eigenvalue weighted by Gasteiger charge is -2.36. The zero-order valence-corrected chi connectivity index (χ0v) is 19.1. The van der Waals surface area contributed by atoms with Crippen molar-refractivity contribution in [2.24, 2.45) is 0 Å². The standard InChI is InChI=1S/C23H27FN4O4S/c1-16-5-8-20(9-6-16)33(30,31)26-21-10-7-19(32-23(21)15-29)11-12-28-14-22(25-27-28)17-3-2-4-18(24)13-17/h2-6,8-9,13-14,19,21,23,26,29H,7,10-12,15H2,1H3/t19-,21-,23+/m1/s1. The van der Waals surface area contributed by atoms with E-state index in [0.717, 1.165) is 5.56 Å². The van der Waals surface area contributed by atoms with E-state index in [1.54, 1.807) is 47.3 Å². The number of aryl methyl sites for hydroxylation is 2. The number of aromatic nitrogens is 3. The Labute approximate surface area is 192 Å². The molecular formula is C23H27FN4O4S. The Balaban J connectivity index is 1.33. The predicted octanol–water partition coefficient (Wildman–Crippen LogP) is 2.67. The number of hydrogen-bond donors (Lipinski definition) is 2. The Morgan fingerprint density at radius 1 is 1.21 bits per heavy atom. The van der Waals surface area contributed by atoms with Crippen LogP contribution >= 0.6 is 0 Å². The summed E-state index contributed by atoms with van der Waals surface area (Å²) in [6, 6.07) is 12.3. The van der Waals surface area contributed by atoms with Gasteiger partial charge in [-0.3, -0.25) is 4.68 Å². The average molecular weight is 475 g/mol. The molecule has 1 aliphatic heterocycles. The summed E-state index contributed by atoms with van der Waals surface area (Å²) in [6.45, 7) is 2.14. The molecule has 3 aromatic rings. The Hall–Kier alpha value is -2.66. The Morgan fingerprint density at radius 2 is 2.00 bits per heavy atom. The quantitative estimate of drug-likeness (QED) is 0.520. The number of nitrogens with zero attached hydrogens (tertiary/aromatic N) is 3. The maximum atomic E-state index is 13.4. The fourth-order valence-corrected chi connectivity index (χ4v) is 5.23. The number of benzene rings is 2. The molecule has 33 heavy (non-hydrogen) atoms. The summed E-state index contributed by atoms with van der Waals surface area (Å²) in [5.41, 5.74) is 2.21. The number of halogens is 1. The third-order valence-corrected chi connectivity index (χ3v) is 7.28. The molecule has 0 bridgehead atoms. The fraction of sp³-hybridized carbons (Fsp3) is 0.391. The zero-order valence-electron chi connectivity index (χ0n) is 18.3. The van der Waals surface area contributed by atoms with Crippen molar-refractivity contribution in [1.29, 1.82) is 0 Å². The molecule has 3 atom stereocenters. The highest BCUT2D eigenvalue weighted by atomic mass is 32.2. The molecule has 1 aromatic heterocycles. The van der Waals surface area contributed by atoms with Gasteiger partial charge in [-0.25, -0.2) is 17.5 Å². The van der Waals surface area contributed by atoms with Gasteiger partial charge in [0.2, 0.25) is 10.0 Å². The van der Waals surface area contributed by atoms with Gasteiger partial charge in [0.1, 0.15) is 11.5 Å². The lowest BCUT2D eigenvalue weighted by atomic mass is 9.98. The number of nitrogens with one attached hydrogen (secondary N) is 1. The van der Waals surface area contributed by atoms with Gasteiger partial charge in [-0.15, -0.1) is 5.10 Å². The van der Waals surface area contributed by atoms with Crippen LogP contribution in [0.25, 0.3) is 11.3 Å².